The lowest BCUT2D eigenvalue weighted by Gasteiger charge is -2.08. The lowest BCUT2D eigenvalue weighted by molar-refractivity contribution is -0.116. The van der Waals surface area contributed by atoms with Crippen LogP contribution in [0.3, 0.4) is 0 Å². The van der Waals surface area contributed by atoms with Gasteiger partial charge < -0.3 is 5.32 Å². The number of carbonyl (C=O) groups is 1. The Kier molecular flexibility index (Phi) is 5.23. The number of nitrogens with one attached hydrogen (secondary N) is 2. The number of hydrogen-bond donors (Lipinski definition) is 2. The van der Waals surface area contributed by atoms with E-state index in [4.69, 9.17) is 4.98 Å². The number of amides is 1. The summed E-state index contributed by atoms with van der Waals surface area (Å²) in [5.74, 6) is -0.129. The molecule has 6 nitrogen and oxygen atoms in total. The van der Waals surface area contributed by atoms with E-state index in [1.54, 1.807) is 0 Å². The highest BCUT2D eigenvalue weighted by Gasteiger charge is 2.18. The van der Waals surface area contributed by atoms with E-state index in [1.807, 2.05) is 75.4 Å². The summed E-state index contributed by atoms with van der Waals surface area (Å²) in [4.78, 5) is 30.2. The molecular weight excluding hydrogens is 376 g/mol. The number of H-pyrrole nitrogens is 1. The van der Waals surface area contributed by atoms with Gasteiger partial charge in [0.05, 0.1) is 0 Å². The van der Waals surface area contributed by atoms with E-state index < -0.39 is 0 Å². The van der Waals surface area contributed by atoms with Crippen molar-refractivity contribution in [2.45, 2.75) is 33.6 Å². The molecule has 152 valence electrons. The molecule has 1 amide bonds. The van der Waals surface area contributed by atoms with Gasteiger partial charge in [0.1, 0.15) is 0 Å². The number of aryl methyl sites for hydroxylation is 3. The molecule has 0 bridgehead atoms. The quantitative estimate of drug-likeness (QED) is 0.527. The molecule has 0 fully saturated rings. The Morgan fingerprint density at radius 1 is 1.03 bits per heavy atom. The van der Waals surface area contributed by atoms with Gasteiger partial charge in [-0.25, -0.2) is 9.50 Å². The van der Waals surface area contributed by atoms with Crippen LogP contribution in [-0.2, 0) is 11.2 Å². The molecule has 2 aromatic carbocycles. The summed E-state index contributed by atoms with van der Waals surface area (Å²) in [5.41, 5.74) is 6.32. The fourth-order valence-electron chi connectivity index (χ4n) is 3.66. The minimum absolute atomic E-state index is 0.129. The predicted molar refractivity (Wildman–Crippen MR) is 119 cm³/mol. The van der Waals surface area contributed by atoms with Gasteiger partial charge in [-0.05, 0) is 44.9 Å². The van der Waals surface area contributed by atoms with Gasteiger partial charge in [0.15, 0.2) is 5.65 Å². The Morgan fingerprint density at radius 3 is 2.43 bits per heavy atom. The first-order valence-corrected chi connectivity index (χ1v) is 9.97. The molecule has 0 saturated heterocycles. The van der Waals surface area contributed by atoms with Gasteiger partial charge in [-0.1, -0.05) is 48.0 Å². The minimum atomic E-state index is -0.161. The first kappa shape index (κ1) is 19.6. The number of aromatic nitrogens is 3. The lowest BCUT2D eigenvalue weighted by atomic mass is 10.1. The van der Waals surface area contributed by atoms with Crippen LogP contribution in [0.2, 0.25) is 0 Å². The van der Waals surface area contributed by atoms with Crippen molar-refractivity contribution in [3.63, 3.8) is 0 Å². The monoisotopic (exact) mass is 400 g/mol. The largest absolute Gasteiger partial charge is 0.326 e. The van der Waals surface area contributed by atoms with Crippen molar-refractivity contribution in [3.8, 4) is 11.1 Å². The van der Waals surface area contributed by atoms with E-state index >= 15 is 0 Å². The maximum absolute atomic E-state index is 13.1. The summed E-state index contributed by atoms with van der Waals surface area (Å²) >= 11 is 0. The summed E-state index contributed by atoms with van der Waals surface area (Å²) in [6.07, 6.45) is 0.542. The molecule has 0 aliphatic rings. The van der Waals surface area contributed by atoms with Crippen molar-refractivity contribution in [1.29, 1.82) is 0 Å². The van der Waals surface area contributed by atoms with Crippen molar-refractivity contribution in [1.82, 2.24) is 14.6 Å². The molecule has 0 radical (unpaired) electrons. The Hall–Kier alpha value is -3.67. The van der Waals surface area contributed by atoms with Gasteiger partial charge in [-0.3, -0.25) is 14.7 Å². The highest BCUT2D eigenvalue weighted by atomic mass is 16.1. The number of benzene rings is 2. The molecule has 0 unspecified atom stereocenters. The SMILES string of the molecule is Cc1ccc(NC(=O)CCc2c(C)nc3c(-c4ccccc4)c(C)[nH]n3c2=O)cc1. The average Bonchev–Trinajstić information content (AvgIpc) is 3.06. The zero-order valence-corrected chi connectivity index (χ0v) is 17.3. The lowest BCUT2D eigenvalue weighted by Crippen LogP contribution is -2.23. The van der Waals surface area contributed by atoms with Crippen LogP contribution in [0.5, 0.6) is 0 Å². The summed E-state index contributed by atoms with van der Waals surface area (Å²) < 4.78 is 1.48. The molecule has 0 saturated carbocycles. The van der Waals surface area contributed by atoms with Crippen molar-refractivity contribution < 1.29 is 4.79 Å². The maximum atomic E-state index is 13.1. The highest BCUT2D eigenvalue weighted by Crippen LogP contribution is 2.26. The Bertz CT molecular complexity index is 1270. The first-order chi connectivity index (χ1) is 14.4. The molecule has 30 heavy (non-hydrogen) atoms. The van der Waals surface area contributed by atoms with Crippen LogP contribution in [0.25, 0.3) is 16.8 Å². The minimum Gasteiger partial charge on any atom is -0.326 e. The maximum Gasteiger partial charge on any atom is 0.276 e. The zero-order valence-electron chi connectivity index (χ0n) is 17.3. The molecule has 4 rings (SSSR count). The second kappa shape index (κ2) is 7.99. The van der Waals surface area contributed by atoms with Crippen molar-refractivity contribution in [2.75, 3.05) is 5.32 Å². The van der Waals surface area contributed by atoms with Gasteiger partial charge in [-0.2, -0.15) is 0 Å². The van der Waals surface area contributed by atoms with E-state index in [9.17, 15) is 9.59 Å². The van der Waals surface area contributed by atoms with Gasteiger partial charge in [0.2, 0.25) is 5.91 Å². The van der Waals surface area contributed by atoms with Gasteiger partial charge >= 0.3 is 0 Å². The van der Waals surface area contributed by atoms with Crippen molar-refractivity contribution >= 4 is 17.2 Å². The van der Waals surface area contributed by atoms with E-state index in [2.05, 4.69) is 10.4 Å². The fraction of sp³-hybridized carbons (Fsp3) is 0.208. The van der Waals surface area contributed by atoms with Crippen LogP contribution in [0.15, 0.2) is 59.4 Å². The smallest absolute Gasteiger partial charge is 0.276 e. The average molecular weight is 400 g/mol. The second-order valence-corrected chi connectivity index (χ2v) is 7.53. The summed E-state index contributed by atoms with van der Waals surface area (Å²) in [5, 5.41) is 6.01. The van der Waals surface area contributed by atoms with Crippen LogP contribution in [0.4, 0.5) is 5.69 Å². The van der Waals surface area contributed by atoms with Crippen LogP contribution in [-0.4, -0.2) is 20.5 Å². The number of carbonyl (C=O) groups excluding carboxylic acids is 1. The molecule has 4 aromatic rings. The van der Waals surface area contributed by atoms with Crippen molar-refractivity contribution in [3.05, 3.63) is 87.5 Å². The molecule has 2 aromatic heterocycles. The van der Waals surface area contributed by atoms with E-state index in [0.717, 1.165) is 28.1 Å². The van der Waals surface area contributed by atoms with Gasteiger partial charge in [0, 0.05) is 34.6 Å². The molecule has 2 N–H and O–H groups in total. The van der Waals surface area contributed by atoms with E-state index in [1.165, 1.54) is 4.52 Å². The number of rotatable bonds is 5. The number of fused-ring (bicyclic) bond motifs is 1. The molecule has 0 aliphatic heterocycles. The summed E-state index contributed by atoms with van der Waals surface area (Å²) in [6, 6.07) is 17.5. The third kappa shape index (κ3) is 3.76. The number of hydrogen-bond acceptors (Lipinski definition) is 3. The van der Waals surface area contributed by atoms with Crippen molar-refractivity contribution in [2.24, 2.45) is 0 Å². The van der Waals surface area contributed by atoms with E-state index in [0.29, 0.717) is 23.3 Å². The van der Waals surface area contributed by atoms with E-state index in [-0.39, 0.29) is 17.9 Å². The first-order valence-electron chi connectivity index (χ1n) is 9.97. The van der Waals surface area contributed by atoms with Crippen LogP contribution >= 0.6 is 0 Å². The summed E-state index contributed by atoms with van der Waals surface area (Å²) in [7, 11) is 0. The number of nitrogens with zero attached hydrogens (tertiary/aromatic N) is 2. The number of aromatic amines is 1. The van der Waals surface area contributed by atoms with Gasteiger partial charge in [-0.15, -0.1) is 0 Å². The van der Waals surface area contributed by atoms with Gasteiger partial charge in [0.25, 0.3) is 5.56 Å². The zero-order chi connectivity index (χ0) is 21.3. The molecule has 0 aliphatic carbocycles. The third-order valence-electron chi connectivity index (χ3n) is 5.26. The standard InChI is InChI=1S/C24H24N4O2/c1-15-9-11-19(12-10-15)26-21(29)14-13-20-16(2)25-23-22(18-7-5-4-6-8-18)17(3)27-28(23)24(20)30/h4-12,27H,13-14H2,1-3H3,(H,26,29). The Balaban J connectivity index is 1.60. The second-order valence-electron chi connectivity index (χ2n) is 7.53. The number of anilines is 1. The Morgan fingerprint density at radius 2 is 1.73 bits per heavy atom. The molecule has 0 spiro atoms. The van der Waals surface area contributed by atoms with Crippen LogP contribution in [0, 0.1) is 20.8 Å². The normalized spacial score (nSPS) is 11.0. The summed E-state index contributed by atoms with van der Waals surface area (Å²) in [6.45, 7) is 5.75. The topological polar surface area (TPSA) is 79.3 Å². The van der Waals surface area contributed by atoms with Crippen LogP contribution in [0.1, 0.15) is 28.9 Å². The molecule has 6 heteroatoms. The highest BCUT2D eigenvalue weighted by molar-refractivity contribution is 5.90. The molecule has 2 heterocycles. The molecular formula is C24H24N4O2. The molecule has 0 atom stereocenters. The predicted octanol–water partition coefficient (Wildman–Crippen LogP) is 4.19. The van der Waals surface area contributed by atoms with Crippen LogP contribution < -0.4 is 10.9 Å². The third-order valence-corrected chi connectivity index (χ3v) is 5.26. The Labute approximate surface area is 174 Å². The fourth-order valence-corrected chi connectivity index (χ4v) is 3.66.